The lowest BCUT2D eigenvalue weighted by molar-refractivity contribution is 0.396. The van der Waals surface area contributed by atoms with Gasteiger partial charge in [0, 0.05) is 5.70 Å². The quantitative estimate of drug-likeness (QED) is 0.707. The monoisotopic (exact) mass is 181 g/mol. The Balaban J connectivity index is 2.61. The fraction of sp³-hybridized carbons (Fsp3) is 0.833. The van der Waals surface area contributed by atoms with Crippen molar-refractivity contribution in [2.45, 2.75) is 58.8 Å². The number of rotatable bonds is 3. The van der Waals surface area contributed by atoms with Gasteiger partial charge >= 0.3 is 0 Å². The largest absolute Gasteiger partial charge is 0.402 e. The first kappa shape index (κ1) is 10.6. The second kappa shape index (κ2) is 5.31. The molecule has 1 fully saturated rings. The van der Waals surface area contributed by atoms with Gasteiger partial charge in [0.05, 0.1) is 0 Å². The molecule has 0 unspecified atom stereocenters. The minimum atomic E-state index is 0.712. The number of hydrogen-bond donors (Lipinski definition) is 1. The average Bonchev–Trinajstić information content (AvgIpc) is 2.21. The standard InChI is InChI=1S/C12H23N/c1-3-10(4-2)12(13)11-8-6-5-7-9-11/h11H,3-9,13H2,1-2H3. The normalized spacial score (nSPS) is 18.6. The summed E-state index contributed by atoms with van der Waals surface area (Å²) in [5.74, 6) is 0.712. The van der Waals surface area contributed by atoms with Crippen molar-refractivity contribution in [1.82, 2.24) is 0 Å². The molecule has 0 heterocycles. The molecule has 1 aliphatic rings. The summed E-state index contributed by atoms with van der Waals surface area (Å²) in [6, 6.07) is 0. The van der Waals surface area contributed by atoms with E-state index in [-0.39, 0.29) is 0 Å². The summed E-state index contributed by atoms with van der Waals surface area (Å²) in [7, 11) is 0. The van der Waals surface area contributed by atoms with Crippen molar-refractivity contribution in [1.29, 1.82) is 0 Å². The van der Waals surface area contributed by atoms with Gasteiger partial charge in [0.25, 0.3) is 0 Å². The predicted molar refractivity (Wildman–Crippen MR) is 58.4 cm³/mol. The Bertz CT molecular complexity index is 170. The van der Waals surface area contributed by atoms with Crippen molar-refractivity contribution in [3.8, 4) is 0 Å². The highest BCUT2D eigenvalue weighted by atomic mass is 14.6. The van der Waals surface area contributed by atoms with Crippen molar-refractivity contribution in [3.63, 3.8) is 0 Å². The average molecular weight is 181 g/mol. The van der Waals surface area contributed by atoms with Crippen LogP contribution in [0, 0.1) is 5.92 Å². The molecule has 0 aromatic carbocycles. The molecule has 1 aliphatic carbocycles. The van der Waals surface area contributed by atoms with E-state index in [9.17, 15) is 0 Å². The van der Waals surface area contributed by atoms with Crippen LogP contribution >= 0.6 is 0 Å². The van der Waals surface area contributed by atoms with Crippen LogP contribution in [0.3, 0.4) is 0 Å². The first-order valence-electron chi connectivity index (χ1n) is 5.77. The molecule has 1 saturated carbocycles. The highest BCUT2D eigenvalue weighted by Crippen LogP contribution is 2.30. The molecule has 76 valence electrons. The SMILES string of the molecule is CCC(CC)=C(N)C1CCCCC1. The van der Waals surface area contributed by atoms with Crippen molar-refractivity contribution in [2.24, 2.45) is 11.7 Å². The summed E-state index contributed by atoms with van der Waals surface area (Å²) in [6.07, 6.45) is 9.11. The van der Waals surface area contributed by atoms with E-state index in [0.29, 0.717) is 5.92 Å². The fourth-order valence-corrected chi connectivity index (χ4v) is 2.36. The molecule has 2 N–H and O–H groups in total. The fourth-order valence-electron chi connectivity index (χ4n) is 2.36. The van der Waals surface area contributed by atoms with Crippen LogP contribution in [0.25, 0.3) is 0 Å². The molecule has 0 aliphatic heterocycles. The molecule has 0 atom stereocenters. The van der Waals surface area contributed by atoms with E-state index >= 15 is 0 Å². The van der Waals surface area contributed by atoms with Gasteiger partial charge in [-0.05, 0) is 31.6 Å². The zero-order valence-corrected chi connectivity index (χ0v) is 9.10. The summed E-state index contributed by atoms with van der Waals surface area (Å²) < 4.78 is 0. The molecule has 0 spiro atoms. The Morgan fingerprint density at radius 1 is 1.08 bits per heavy atom. The van der Waals surface area contributed by atoms with Crippen molar-refractivity contribution >= 4 is 0 Å². The van der Waals surface area contributed by atoms with Crippen molar-refractivity contribution in [2.75, 3.05) is 0 Å². The minimum Gasteiger partial charge on any atom is -0.402 e. The first-order valence-corrected chi connectivity index (χ1v) is 5.77. The third-order valence-corrected chi connectivity index (χ3v) is 3.31. The van der Waals surface area contributed by atoms with Gasteiger partial charge in [-0.3, -0.25) is 0 Å². The summed E-state index contributed by atoms with van der Waals surface area (Å²) in [5.41, 5.74) is 8.91. The highest BCUT2D eigenvalue weighted by molar-refractivity contribution is 5.13. The Hall–Kier alpha value is -0.460. The number of hydrogen-bond acceptors (Lipinski definition) is 1. The lowest BCUT2D eigenvalue weighted by atomic mass is 9.84. The Labute approximate surface area is 82.4 Å². The summed E-state index contributed by atoms with van der Waals surface area (Å²) in [6.45, 7) is 4.43. The molecule has 13 heavy (non-hydrogen) atoms. The number of nitrogens with two attached hydrogens (primary N) is 1. The van der Waals surface area contributed by atoms with Crippen LogP contribution < -0.4 is 5.73 Å². The van der Waals surface area contributed by atoms with Crippen LogP contribution in [-0.4, -0.2) is 0 Å². The maximum atomic E-state index is 6.19. The van der Waals surface area contributed by atoms with E-state index in [1.165, 1.54) is 43.4 Å². The van der Waals surface area contributed by atoms with E-state index in [2.05, 4.69) is 13.8 Å². The van der Waals surface area contributed by atoms with Gasteiger partial charge in [0.2, 0.25) is 0 Å². The molecule has 0 aromatic heterocycles. The number of allylic oxidation sites excluding steroid dienone is 2. The Kier molecular flexibility index (Phi) is 4.34. The van der Waals surface area contributed by atoms with Crippen molar-refractivity contribution < 1.29 is 0 Å². The molecule has 0 amide bonds. The van der Waals surface area contributed by atoms with Crippen LogP contribution in [0.15, 0.2) is 11.3 Å². The molecule has 1 nitrogen and oxygen atoms in total. The van der Waals surface area contributed by atoms with Crippen LogP contribution in [0.5, 0.6) is 0 Å². The second-order valence-electron chi connectivity index (χ2n) is 4.10. The predicted octanol–water partition coefficient (Wildman–Crippen LogP) is 3.60. The van der Waals surface area contributed by atoms with Crippen LogP contribution in [0.1, 0.15) is 58.8 Å². The topological polar surface area (TPSA) is 26.0 Å². The zero-order valence-electron chi connectivity index (χ0n) is 9.10. The lowest BCUT2D eigenvalue weighted by Gasteiger charge is -2.24. The third-order valence-electron chi connectivity index (χ3n) is 3.31. The summed E-state index contributed by atoms with van der Waals surface area (Å²) in [5, 5.41) is 0. The first-order chi connectivity index (χ1) is 6.29. The van der Waals surface area contributed by atoms with E-state index in [4.69, 9.17) is 5.73 Å². The maximum absolute atomic E-state index is 6.19. The van der Waals surface area contributed by atoms with E-state index < -0.39 is 0 Å². The molecular weight excluding hydrogens is 158 g/mol. The Morgan fingerprint density at radius 3 is 2.08 bits per heavy atom. The molecule has 0 aromatic rings. The van der Waals surface area contributed by atoms with Gasteiger partial charge in [-0.2, -0.15) is 0 Å². The van der Waals surface area contributed by atoms with E-state index in [1.54, 1.807) is 0 Å². The maximum Gasteiger partial charge on any atom is 0.0104 e. The van der Waals surface area contributed by atoms with Gasteiger partial charge in [0.1, 0.15) is 0 Å². The summed E-state index contributed by atoms with van der Waals surface area (Å²) >= 11 is 0. The van der Waals surface area contributed by atoms with Crippen LogP contribution in [0.4, 0.5) is 0 Å². The molecular formula is C12H23N. The van der Waals surface area contributed by atoms with E-state index in [1.807, 2.05) is 0 Å². The van der Waals surface area contributed by atoms with Gasteiger partial charge in [-0.1, -0.05) is 38.7 Å². The minimum absolute atomic E-state index is 0.712. The smallest absolute Gasteiger partial charge is 0.0104 e. The molecule has 0 saturated heterocycles. The second-order valence-corrected chi connectivity index (χ2v) is 4.10. The lowest BCUT2D eigenvalue weighted by Crippen LogP contribution is -2.17. The zero-order chi connectivity index (χ0) is 9.68. The van der Waals surface area contributed by atoms with Gasteiger partial charge in [-0.15, -0.1) is 0 Å². The van der Waals surface area contributed by atoms with Crippen LogP contribution in [-0.2, 0) is 0 Å². The molecule has 0 radical (unpaired) electrons. The van der Waals surface area contributed by atoms with Crippen LogP contribution in [0.2, 0.25) is 0 Å². The van der Waals surface area contributed by atoms with Gasteiger partial charge in [-0.25, -0.2) is 0 Å². The van der Waals surface area contributed by atoms with E-state index in [0.717, 1.165) is 12.8 Å². The Morgan fingerprint density at radius 2 is 1.62 bits per heavy atom. The van der Waals surface area contributed by atoms with Gasteiger partial charge < -0.3 is 5.73 Å². The third kappa shape index (κ3) is 2.75. The summed E-state index contributed by atoms with van der Waals surface area (Å²) in [4.78, 5) is 0. The molecule has 0 bridgehead atoms. The van der Waals surface area contributed by atoms with Crippen molar-refractivity contribution in [3.05, 3.63) is 11.3 Å². The molecule has 1 heteroatoms. The molecule has 1 rings (SSSR count). The van der Waals surface area contributed by atoms with Gasteiger partial charge in [0.15, 0.2) is 0 Å². The highest BCUT2D eigenvalue weighted by Gasteiger charge is 2.17.